The number of aryl methyl sites for hydroxylation is 1. The number of nitrogens with one attached hydrogen (secondary N) is 1. The first kappa shape index (κ1) is 15.3. The molecule has 1 saturated heterocycles. The van der Waals surface area contributed by atoms with E-state index >= 15 is 0 Å². The first-order valence-electron chi connectivity index (χ1n) is 7.69. The molecule has 0 bridgehead atoms. The maximum atomic E-state index is 12.1. The third kappa shape index (κ3) is 3.27. The van der Waals surface area contributed by atoms with Crippen molar-refractivity contribution in [2.24, 2.45) is 13.0 Å². The Morgan fingerprint density at radius 2 is 2.35 bits per heavy atom. The molecule has 2 heterocycles. The molecule has 1 N–H and O–H groups in total. The van der Waals surface area contributed by atoms with E-state index in [-0.39, 0.29) is 11.8 Å². The van der Waals surface area contributed by atoms with Gasteiger partial charge in [0.25, 0.3) is 0 Å². The van der Waals surface area contributed by atoms with Gasteiger partial charge in [0.15, 0.2) is 0 Å². The number of rotatable bonds is 4. The molecule has 2 aromatic rings. The molecule has 0 radical (unpaired) electrons. The molecule has 2 atom stereocenters. The lowest BCUT2D eigenvalue weighted by Gasteiger charge is -2.15. The van der Waals surface area contributed by atoms with Crippen molar-refractivity contribution >= 4 is 22.9 Å². The van der Waals surface area contributed by atoms with E-state index < -0.39 is 6.04 Å². The second-order valence-electron chi connectivity index (χ2n) is 5.78. The molecule has 0 saturated carbocycles. The smallest absolute Gasteiger partial charge is 0.245 e. The average Bonchev–Trinajstić information content (AvgIpc) is 3.20. The summed E-state index contributed by atoms with van der Waals surface area (Å²) in [4.78, 5) is 12.1. The number of nitriles is 1. The number of aromatic nitrogens is 1. The maximum absolute atomic E-state index is 12.1. The Hall–Kier alpha value is -2.58. The second-order valence-corrected chi connectivity index (χ2v) is 5.78. The number of carbonyl (C=O) groups is 1. The molecule has 1 aliphatic heterocycles. The highest BCUT2D eigenvalue weighted by molar-refractivity contribution is 5.96. The van der Waals surface area contributed by atoms with Gasteiger partial charge in [-0.1, -0.05) is 18.2 Å². The van der Waals surface area contributed by atoms with E-state index in [1.54, 1.807) is 6.08 Å². The van der Waals surface area contributed by atoms with E-state index in [0.29, 0.717) is 13.2 Å². The van der Waals surface area contributed by atoms with Gasteiger partial charge in [-0.05, 0) is 18.6 Å². The zero-order chi connectivity index (χ0) is 16.2. The summed E-state index contributed by atoms with van der Waals surface area (Å²) in [6.45, 7) is 1.19. The quantitative estimate of drug-likeness (QED) is 0.881. The minimum atomic E-state index is -0.498. The van der Waals surface area contributed by atoms with Crippen LogP contribution in [-0.2, 0) is 16.6 Å². The van der Waals surface area contributed by atoms with Crippen LogP contribution in [0.1, 0.15) is 12.0 Å². The lowest BCUT2D eigenvalue weighted by atomic mass is 10.0. The van der Waals surface area contributed by atoms with Crippen molar-refractivity contribution in [2.45, 2.75) is 12.5 Å². The molecule has 1 aromatic heterocycles. The normalized spacial score (nSPS) is 19.0. The van der Waals surface area contributed by atoms with E-state index in [9.17, 15) is 10.1 Å². The van der Waals surface area contributed by atoms with Crippen molar-refractivity contribution < 1.29 is 9.53 Å². The molecule has 0 aliphatic carbocycles. The summed E-state index contributed by atoms with van der Waals surface area (Å²) in [5, 5.41) is 13.1. The van der Waals surface area contributed by atoms with Crippen molar-refractivity contribution in [3.63, 3.8) is 0 Å². The fraction of sp³-hybridized carbons (Fsp3) is 0.333. The number of fused-ring (bicyclic) bond motifs is 1. The molecule has 1 fully saturated rings. The predicted molar refractivity (Wildman–Crippen MR) is 88.4 cm³/mol. The Kier molecular flexibility index (Phi) is 4.45. The monoisotopic (exact) mass is 309 g/mol. The van der Waals surface area contributed by atoms with Crippen LogP contribution < -0.4 is 5.32 Å². The van der Waals surface area contributed by atoms with Crippen LogP contribution in [0.2, 0.25) is 0 Å². The SMILES string of the molecule is Cn1cc(C=CC(=O)NC(C#N)C2CCOC2)c2ccccc21. The third-order valence-corrected chi connectivity index (χ3v) is 4.22. The summed E-state index contributed by atoms with van der Waals surface area (Å²) in [7, 11) is 1.98. The highest BCUT2D eigenvalue weighted by Gasteiger charge is 2.26. The predicted octanol–water partition coefficient (Wildman–Crippen LogP) is 2.24. The van der Waals surface area contributed by atoms with Gasteiger partial charge >= 0.3 is 0 Å². The van der Waals surface area contributed by atoms with Crippen molar-refractivity contribution in [2.75, 3.05) is 13.2 Å². The Morgan fingerprint density at radius 1 is 1.52 bits per heavy atom. The number of ether oxygens (including phenoxy) is 1. The van der Waals surface area contributed by atoms with Crippen LogP contribution in [0.5, 0.6) is 0 Å². The molecule has 5 nitrogen and oxygen atoms in total. The zero-order valence-electron chi connectivity index (χ0n) is 13.0. The van der Waals surface area contributed by atoms with E-state index in [1.807, 2.05) is 42.1 Å². The Morgan fingerprint density at radius 3 is 3.09 bits per heavy atom. The summed E-state index contributed by atoms with van der Waals surface area (Å²) in [5.74, 6) is -0.175. The maximum Gasteiger partial charge on any atom is 0.245 e. The van der Waals surface area contributed by atoms with Crippen LogP contribution in [0.25, 0.3) is 17.0 Å². The summed E-state index contributed by atoms with van der Waals surface area (Å²) in [5.41, 5.74) is 2.10. The molecular weight excluding hydrogens is 290 g/mol. The lowest BCUT2D eigenvalue weighted by Crippen LogP contribution is -2.38. The summed E-state index contributed by atoms with van der Waals surface area (Å²) < 4.78 is 7.31. The molecule has 1 aromatic carbocycles. The highest BCUT2D eigenvalue weighted by atomic mass is 16.5. The molecule has 1 amide bonds. The van der Waals surface area contributed by atoms with Crippen LogP contribution in [0.15, 0.2) is 36.5 Å². The van der Waals surface area contributed by atoms with Crippen molar-refractivity contribution in [3.8, 4) is 6.07 Å². The minimum absolute atomic E-state index is 0.0786. The van der Waals surface area contributed by atoms with Crippen LogP contribution in [-0.4, -0.2) is 29.7 Å². The summed E-state index contributed by atoms with van der Waals surface area (Å²) in [6.07, 6.45) is 6.08. The number of benzene rings is 1. The fourth-order valence-corrected chi connectivity index (χ4v) is 2.94. The molecule has 118 valence electrons. The van der Waals surface area contributed by atoms with Crippen molar-refractivity contribution in [1.82, 2.24) is 9.88 Å². The number of carbonyl (C=O) groups excluding carboxylic acids is 1. The van der Waals surface area contributed by atoms with Crippen molar-refractivity contribution in [3.05, 3.63) is 42.1 Å². The van der Waals surface area contributed by atoms with Gasteiger partial charge in [0.2, 0.25) is 5.91 Å². The summed E-state index contributed by atoms with van der Waals surface area (Å²) in [6, 6.07) is 9.70. The molecule has 3 rings (SSSR count). The first-order valence-corrected chi connectivity index (χ1v) is 7.69. The van der Waals surface area contributed by atoms with Gasteiger partial charge in [-0.2, -0.15) is 5.26 Å². The number of nitrogens with zero attached hydrogens (tertiary/aromatic N) is 2. The minimum Gasteiger partial charge on any atom is -0.381 e. The van der Waals surface area contributed by atoms with Gasteiger partial charge in [0.1, 0.15) is 6.04 Å². The van der Waals surface area contributed by atoms with E-state index in [2.05, 4.69) is 11.4 Å². The highest BCUT2D eigenvalue weighted by Crippen LogP contribution is 2.21. The van der Waals surface area contributed by atoms with E-state index in [1.165, 1.54) is 6.08 Å². The molecule has 5 heteroatoms. The van der Waals surface area contributed by atoms with Gasteiger partial charge in [-0.15, -0.1) is 0 Å². The van der Waals surface area contributed by atoms with Gasteiger partial charge in [0, 0.05) is 48.3 Å². The van der Waals surface area contributed by atoms with Gasteiger partial charge < -0.3 is 14.6 Å². The topological polar surface area (TPSA) is 67.0 Å². The Labute approximate surface area is 135 Å². The number of para-hydroxylation sites is 1. The van der Waals surface area contributed by atoms with Crippen LogP contribution in [0, 0.1) is 17.2 Å². The Bertz CT molecular complexity index is 779. The van der Waals surface area contributed by atoms with Gasteiger partial charge in [-0.25, -0.2) is 0 Å². The molecule has 23 heavy (non-hydrogen) atoms. The largest absolute Gasteiger partial charge is 0.381 e. The summed E-state index contributed by atoms with van der Waals surface area (Å²) >= 11 is 0. The number of hydrogen-bond donors (Lipinski definition) is 1. The van der Waals surface area contributed by atoms with Crippen LogP contribution in [0.4, 0.5) is 0 Å². The molecule has 2 unspecified atom stereocenters. The van der Waals surface area contributed by atoms with Crippen molar-refractivity contribution in [1.29, 1.82) is 5.26 Å². The standard InChI is InChI=1S/C18H19N3O2/c1-21-11-13(15-4-2-3-5-17(15)21)6-7-18(22)20-16(10-19)14-8-9-23-12-14/h2-7,11,14,16H,8-9,12H2,1H3,(H,20,22). The molecule has 0 spiro atoms. The van der Waals surface area contributed by atoms with Crippen LogP contribution >= 0.6 is 0 Å². The lowest BCUT2D eigenvalue weighted by molar-refractivity contribution is -0.117. The Balaban J connectivity index is 1.71. The number of amides is 1. The number of hydrogen-bond acceptors (Lipinski definition) is 3. The molecular formula is C18H19N3O2. The van der Waals surface area contributed by atoms with E-state index in [4.69, 9.17) is 4.74 Å². The first-order chi connectivity index (χ1) is 11.2. The fourth-order valence-electron chi connectivity index (χ4n) is 2.94. The van der Waals surface area contributed by atoms with Crippen LogP contribution in [0.3, 0.4) is 0 Å². The molecule has 1 aliphatic rings. The van der Waals surface area contributed by atoms with Gasteiger partial charge in [-0.3, -0.25) is 4.79 Å². The third-order valence-electron chi connectivity index (χ3n) is 4.22. The second kappa shape index (κ2) is 6.67. The van der Waals surface area contributed by atoms with Gasteiger partial charge in [0.05, 0.1) is 12.7 Å². The average molecular weight is 309 g/mol. The zero-order valence-corrected chi connectivity index (χ0v) is 13.0. The van der Waals surface area contributed by atoms with E-state index in [0.717, 1.165) is 22.9 Å².